The van der Waals surface area contributed by atoms with E-state index in [1.807, 2.05) is 25.8 Å². The zero-order valence-electron chi connectivity index (χ0n) is 12.4. The summed E-state index contributed by atoms with van der Waals surface area (Å²) in [6.07, 6.45) is 0. The topological polar surface area (TPSA) is 75.4 Å². The van der Waals surface area contributed by atoms with Crippen LogP contribution in [0.25, 0.3) is 0 Å². The SMILES string of the molecule is CC(C)N(C)CCNS(=O)(=O)c1cc(Cl)cc(CN)c1Cl. The molecule has 1 aromatic rings. The van der Waals surface area contributed by atoms with Gasteiger partial charge in [-0.15, -0.1) is 0 Å². The van der Waals surface area contributed by atoms with E-state index in [1.54, 1.807) is 6.07 Å². The number of sulfonamides is 1. The lowest BCUT2D eigenvalue weighted by molar-refractivity contribution is 0.278. The number of rotatable bonds is 7. The second-order valence-electron chi connectivity index (χ2n) is 5.05. The van der Waals surface area contributed by atoms with E-state index in [2.05, 4.69) is 4.72 Å². The molecule has 1 rings (SSSR count). The lowest BCUT2D eigenvalue weighted by Gasteiger charge is -2.21. The molecule has 5 nitrogen and oxygen atoms in total. The molecule has 0 radical (unpaired) electrons. The van der Waals surface area contributed by atoms with Gasteiger partial charge in [0.1, 0.15) is 4.90 Å². The van der Waals surface area contributed by atoms with E-state index >= 15 is 0 Å². The summed E-state index contributed by atoms with van der Waals surface area (Å²) in [5.41, 5.74) is 6.04. The van der Waals surface area contributed by atoms with Gasteiger partial charge in [-0.1, -0.05) is 23.2 Å². The van der Waals surface area contributed by atoms with Gasteiger partial charge in [0.2, 0.25) is 10.0 Å². The van der Waals surface area contributed by atoms with Crippen LogP contribution in [0.15, 0.2) is 17.0 Å². The minimum absolute atomic E-state index is 0.0377. The molecule has 3 N–H and O–H groups in total. The van der Waals surface area contributed by atoms with Gasteiger partial charge < -0.3 is 10.6 Å². The summed E-state index contributed by atoms with van der Waals surface area (Å²) in [7, 11) is -1.79. The Morgan fingerprint density at radius 3 is 2.48 bits per heavy atom. The van der Waals surface area contributed by atoms with Crippen molar-refractivity contribution in [3.63, 3.8) is 0 Å². The summed E-state index contributed by atoms with van der Waals surface area (Å²) < 4.78 is 27.1. The van der Waals surface area contributed by atoms with E-state index in [1.165, 1.54) is 6.07 Å². The van der Waals surface area contributed by atoms with Crippen molar-refractivity contribution in [2.45, 2.75) is 31.3 Å². The molecule has 0 unspecified atom stereocenters. The van der Waals surface area contributed by atoms with Gasteiger partial charge in [-0.05, 0) is 38.6 Å². The first kappa shape index (κ1) is 18.7. The molecular formula is C13H21Cl2N3O2S. The second-order valence-corrected chi connectivity index (χ2v) is 7.60. The van der Waals surface area contributed by atoms with Crippen molar-refractivity contribution >= 4 is 33.2 Å². The fraction of sp³-hybridized carbons (Fsp3) is 0.538. The Hall–Kier alpha value is -0.370. The smallest absolute Gasteiger partial charge is 0.242 e. The summed E-state index contributed by atoms with van der Waals surface area (Å²) in [5.74, 6) is 0. The average Bonchev–Trinajstić information content (AvgIpc) is 2.40. The summed E-state index contributed by atoms with van der Waals surface area (Å²) in [4.78, 5) is 2.00. The Labute approximate surface area is 136 Å². The van der Waals surface area contributed by atoms with E-state index < -0.39 is 10.0 Å². The molecule has 0 bridgehead atoms. The molecule has 0 fully saturated rings. The standard InChI is InChI=1S/C13H21Cl2N3O2S/c1-9(2)18(3)5-4-17-21(19,20)12-7-11(14)6-10(8-16)13(12)15/h6-7,9,17H,4-5,8,16H2,1-3H3. The Kier molecular flexibility index (Phi) is 6.90. The monoisotopic (exact) mass is 353 g/mol. The first-order valence-corrected chi connectivity index (χ1v) is 8.81. The first-order chi connectivity index (χ1) is 9.69. The van der Waals surface area contributed by atoms with Crippen molar-refractivity contribution in [2.75, 3.05) is 20.1 Å². The fourth-order valence-electron chi connectivity index (χ4n) is 1.65. The first-order valence-electron chi connectivity index (χ1n) is 6.57. The molecular weight excluding hydrogens is 333 g/mol. The van der Waals surface area contributed by atoms with Crippen LogP contribution < -0.4 is 10.5 Å². The molecule has 0 aliphatic rings. The number of benzene rings is 1. The van der Waals surface area contributed by atoms with Crippen LogP contribution in [-0.4, -0.2) is 39.5 Å². The van der Waals surface area contributed by atoms with E-state index in [4.69, 9.17) is 28.9 Å². The molecule has 0 aliphatic heterocycles. The maximum atomic E-state index is 12.3. The zero-order chi connectivity index (χ0) is 16.2. The Bertz CT molecular complexity index is 591. The minimum atomic E-state index is -3.72. The lowest BCUT2D eigenvalue weighted by Crippen LogP contribution is -2.36. The molecule has 1 aromatic carbocycles. The van der Waals surface area contributed by atoms with Crippen LogP contribution in [-0.2, 0) is 16.6 Å². The van der Waals surface area contributed by atoms with Crippen molar-refractivity contribution in [1.29, 1.82) is 0 Å². The van der Waals surface area contributed by atoms with Crippen LogP contribution in [0.3, 0.4) is 0 Å². The predicted octanol–water partition coefficient (Wildman–Crippen LogP) is 2.07. The zero-order valence-corrected chi connectivity index (χ0v) is 14.7. The minimum Gasteiger partial charge on any atom is -0.326 e. The van der Waals surface area contributed by atoms with Crippen LogP contribution in [0.1, 0.15) is 19.4 Å². The van der Waals surface area contributed by atoms with E-state index in [0.29, 0.717) is 23.2 Å². The highest BCUT2D eigenvalue weighted by molar-refractivity contribution is 7.89. The van der Waals surface area contributed by atoms with Gasteiger partial charge >= 0.3 is 0 Å². The third-order valence-corrected chi connectivity index (χ3v) is 5.49. The van der Waals surface area contributed by atoms with Crippen LogP contribution in [0.2, 0.25) is 10.0 Å². The highest BCUT2D eigenvalue weighted by atomic mass is 35.5. The van der Waals surface area contributed by atoms with Crippen molar-refractivity contribution in [3.8, 4) is 0 Å². The molecule has 0 saturated heterocycles. The van der Waals surface area contributed by atoms with Gasteiger partial charge in [-0.25, -0.2) is 13.1 Å². The Balaban J connectivity index is 2.91. The lowest BCUT2D eigenvalue weighted by atomic mass is 10.2. The van der Waals surface area contributed by atoms with E-state index in [0.717, 1.165) is 0 Å². The molecule has 0 amide bonds. The van der Waals surface area contributed by atoms with Crippen LogP contribution in [0.4, 0.5) is 0 Å². The second kappa shape index (κ2) is 7.76. The summed E-state index contributed by atoms with van der Waals surface area (Å²) in [6, 6.07) is 3.24. The van der Waals surface area contributed by atoms with Crippen LogP contribution >= 0.6 is 23.2 Å². The maximum Gasteiger partial charge on any atom is 0.242 e. The average molecular weight is 354 g/mol. The van der Waals surface area contributed by atoms with E-state index in [9.17, 15) is 8.42 Å². The number of hydrogen-bond donors (Lipinski definition) is 2. The predicted molar refractivity (Wildman–Crippen MR) is 87.3 cm³/mol. The molecule has 8 heteroatoms. The molecule has 0 saturated carbocycles. The van der Waals surface area contributed by atoms with Crippen molar-refractivity contribution in [2.24, 2.45) is 5.73 Å². The highest BCUT2D eigenvalue weighted by Crippen LogP contribution is 2.29. The van der Waals surface area contributed by atoms with Crippen molar-refractivity contribution in [3.05, 3.63) is 27.7 Å². The summed E-state index contributed by atoms with van der Waals surface area (Å²) in [6.45, 7) is 5.08. The van der Waals surface area contributed by atoms with Gasteiger partial charge in [0.25, 0.3) is 0 Å². The number of likely N-dealkylation sites (N-methyl/N-ethyl adjacent to an activating group) is 1. The number of nitrogens with zero attached hydrogens (tertiary/aromatic N) is 1. The molecule has 21 heavy (non-hydrogen) atoms. The number of halogens is 2. The Morgan fingerprint density at radius 1 is 1.33 bits per heavy atom. The summed E-state index contributed by atoms with van der Waals surface area (Å²) >= 11 is 12.0. The van der Waals surface area contributed by atoms with Crippen molar-refractivity contribution in [1.82, 2.24) is 9.62 Å². The van der Waals surface area contributed by atoms with E-state index in [-0.39, 0.29) is 23.0 Å². The molecule has 0 aliphatic carbocycles. The van der Waals surface area contributed by atoms with Crippen molar-refractivity contribution < 1.29 is 8.42 Å². The number of nitrogens with two attached hydrogens (primary N) is 1. The molecule has 120 valence electrons. The van der Waals surface area contributed by atoms with Gasteiger partial charge in [0.15, 0.2) is 0 Å². The van der Waals surface area contributed by atoms with Crippen LogP contribution in [0, 0.1) is 0 Å². The maximum absolute atomic E-state index is 12.3. The number of hydrogen-bond acceptors (Lipinski definition) is 4. The van der Waals surface area contributed by atoms with Gasteiger partial charge in [-0.3, -0.25) is 0 Å². The molecule has 0 aromatic heterocycles. The third-order valence-electron chi connectivity index (χ3n) is 3.23. The highest BCUT2D eigenvalue weighted by Gasteiger charge is 2.20. The number of nitrogens with one attached hydrogen (secondary N) is 1. The van der Waals surface area contributed by atoms with Crippen LogP contribution in [0.5, 0.6) is 0 Å². The third kappa shape index (κ3) is 5.09. The fourth-order valence-corrected chi connectivity index (χ4v) is 3.62. The molecule has 0 spiro atoms. The van der Waals surface area contributed by atoms with Gasteiger partial charge in [0, 0.05) is 30.7 Å². The molecule has 0 atom stereocenters. The normalized spacial score (nSPS) is 12.4. The van der Waals surface area contributed by atoms with Gasteiger partial charge in [0.05, 0.1) is 5.02 Å². The largest absolute Gasteiger partial charge is 0.326 e. The Morgan fingerprint density at radius 2 is 1.95 bits per heavy atom. The summed E-state index contributed by atoms with van der Waals surface area (Å²) in [5, 5.41) is 0.408. The quantitative estimate of drug-likeness (QED) is 0.786. The van der Waals surface area contributed by atoms with Gasteiger partial charge in [-0.2, -0.15) is 0 Å². The molecule has 0 heterocycles.